The van der Waals surface area contributed by atoms with Gasteiger partial charge >= 0.3 is 0 Å². The number of hydrogen-bond donors (Lipinski definition) is 1. The molecule has 2 heterocycles. The van der Waals surface area contributed by atoms with Crippen LogP contribution < -0.4 is 5.32 Å². The summed E-state index contributed by atoms with van der Waals surface area (Å²) < 4.78 is 13.2. The lowest BCUT2D eigenvalue weighted by atomic mass is 10.2. The van der Waals surface area contributed by atoms with E-state index in [1.165, 1.54) is 30.2 Å². The first-order valence-corrected chi connectivity index (χ1v) is 8.16. The van der Waals surface area contributed by atoms with Gasteiger partial charge in [-0.05, 0) is 24.5 Å². The molecular formula is C15H11ClFN5S. The Morgan fingerprint density at radius 3 is 2.65 bits per heavy atom. The molecule has 0 bridgehead atoms. The number of benzene rings is 1. The number of rotatable bonds is 4. The van der Waals surface area contributed by atoms with E-state index in [9.17, 15) is 4.39 Å². The molecule has 116 valence electrons. The molecule has 0 radical (unpaired) electrons. The third kappa shape index (κ3) is 3.57. The Hall–Kier alpha value is -2.25. The number of thioether (sulfide) groups is 1. The second kappa shape index (κ2) is 6.89. The van der Waals surface area contributed by atoms with Crippen LogP contribution in [0.5, 0.6) is 0 Å². The van der Waals surface area contributed by atoms with E-state index < -0.39 is 5.82 Å². The van der Waals surface area contributed by atoms with E-state index in [4.69, 9.17) is 11.6 Å². The summed E-state index contributed by atoms with van der Waals surface area (Å²) in [4.78, 5) is 16.8. The number of nitrogens with one attached hydrogen (secondary N) is 1. The maximum absolute atomic E-state index is 13.2. The fraction of sp³-hybridized carbons (Fsp3) is 0.0667. The summed E-state index contributed by atoms with van der Waals surface area (Å²) in [6.45, 7) is 0. The molecule has 8 heteroatoms. The van der Waals surface area contributed by atoms with E-state index >= 15 is 0 Å². The summed E-state index contributed by atoms with van der Waals surface area (Å²) in [6.07, 6.45) is 8.51. The van der Waals surface area contributed by atoms with Crippen LogP contribution in [-0.4, -0.2) is 26.2 Å². The predicted molar refractivity (Wildman–Crippen MR) is 89.5 cm³/mol. The molecule has 2 aromatic heterocycles. The molecule has 0 aliphatic heterocycles. The quantitative estimate of drug-likeness (QED) is 0.564. The molecule has 0 unspecified atom stereocenters. The maximum atomic E-state index is 13.2. The Morgan fingerprint density at radius 2 is 1.96 bits per heavy atom. The summed E-state index contributed by atoms with van der Waals surface area (Å²) in [5.74, 6) is -0.0695. The normalized spacial score (nSPS) is 10.6. The second-order valence-corrected chi connectivity index (χ2v) is 5.70. The van der Waals surface area contributed by atoms with Crippen LogP contribution in [0.2, 0.25) is 5.02 Å². The second-order valence-electron chi connectivity index (χ2n) is 4.50. The van der Waals surface area contributed by atoms with E-state index in [0.717, 1.165) is 16.2 Å². The zero-order valence-electron chi connectivity index (χ0n) is 12.0. The van der Waals surface area contributed by atoms with Gasteiger partial charge in [-0.3, -0.25) is 0 Å². The average Bonchev–Trinajstić information content (AvgIpc) is 2.59. The van der Waals surface area contributed by atoms with Crippen LogP contribution in [-0.2, 0) is 0 Å². The Labute approximate surface area is 141 Å². The fourth-order valence-corrected chi connectivity index (χ4v) is 2.67. The van der Waals surface area contributed by atoms with Crippen molar-refractivity contribution in [2.75, 3.05) is 11.6 Å². The maximum Gasteiger partial charge on any atom is 0.228 e. The van der Waals surface area contributed by atoms with Gasteiger partial charge in [0.05, 0.1) is 5.02 Å². The number of hydrogen-bond acceptors (Lipinski definition) is 6. The molecular weight excluding hydrogens is 337 g/mol. The first-order valence-electron chi connectivity index (χ1n) is 6.56. The Balaban J connectivity index is 1.91. The van der Waals surface area contributed by atoms with Crippen molar-refractivity contribution < 1.29 is 4.39 Å². The largest absolute Gasteiger partial charge is 0.324 e. The van der Waals surface area contributed by atoms with Crippen LogP contribution in [0.15, 0.2) is 48.1 Å². The third-order valence-electron chi connectivity index (χ3n) is 2.99. The van der Waals surface area contributed by atoms with Gasteiger partial charge in [-0.15, -0.1) is 11.8 Å². The van der Waals surface area contributed by atoms with Gasteiger partial charge < -0.3 is 5.32 Å². The van der Waals surface area contributed by atoms with Crippen molar-refractivity contribution in [3.63, 3.8) is 0 Å². The SMILES string of the molecule is CSc1nc(Nc2ccc(F)c(Cl)c2)ncc1-c1cncnc1. The molecule has 0 amide bonds. The van der Waals surface area contributed by atoms with Gasteiger partial charge in [0, 0.05) is 35.4 Å². The van der Waals surface area contributed by atoms with E-state index in [0.29, 0.717) is 11.6 Å². The average molecular weight is 348 g/mol. The highest BCUT2D eigenvalue weighted by Crippen LogP contribution is 2.29. The van der Waals surface area contributed by atoms with Crippen molar-refractivity contribution in [3.8, 4) is 11.1 Å². The molecule has 3 aromatic rings. The highest BCUT2D eigenvalue weighted by Gasteiger charge is 2.10. The minimum Gasteiger partial charge on any atom is -0.324 e. The standard InChI is InChI=1S/C15H11ClFN5S/c1-23-14-11(9-5-18-8-19-6-9)7-20-15(22-14)21-10-2-3-13(17)12(16)4-10/h2-8H,1H3,(H,20,21,22). The molecule has 1 N–H and O–H groups in total. The molecule has 0 saturated carbocycles. The molecule has 0 fully saturated rings. The zero-order chi connectivity index (χ0) is 16.2. The van der Waals surface area contributed by atoms with Crippen molar-refractivity contribution in [2.24, 2.45) is 0 Å². The molecule has 0 atom stereocenters. The van der Waals surface area contributed by atoms with E-state index in [1.807, 2.05) is 6.26 Å². The highest BCUT2D eigenvalue weighted by atomic mass is 35.5. The van der Waals surface area contributed by atoms with Crippen LogP contribution >= 0.6 is 23.4 Å². The summed E-state index contributed by atoms with van der Waals surface area (Å²) in [5, 5.41) is 3.83. The molecule has 0 aliphatic rings. The Bertz CT molecular complexity index is 831. The minimum atomic E-state index is -0.470. The molecule has 0 spiro atoms. The van der Waals surface area contributed by atoms with E-state index in [2.05, 4.69) is 25.3 Å². The fourth-order valence-electron chi connectivity index (χ4n) is 1.92. The van der Waals surface area contributed by atoms with Crippen LogP contribution in [0.1, 0.15) is 0 Å². The first-order chi connectivity index (χ1) is 11.2. The van der Waals surface area contributed by atoms with Crippen LogP contribution in [0.4, 0.5) is 16.0 Å². The Morgan fingerprint density at radius 1 is 1.17 bits per heavy atom. The lowest BCUT2D eigenvalue weighted by Gasteiger charge is -2.09. The van der Waals surface area contributed by atoms with Crippen molar-refractivity contribution in [1.29, 1.82) is 0 Å². The summed E-state index contributed by atoms with van der Waals surface area (Å²) in [5.41, 5.74) is 2.30. The van der Waals surface area contributed by atoms with Gasteiger partial charge in [-0.25, -0.2) is 24.3 Å². The van der Waals surface area contributed by atoms with Crippen molar-refractivity contribution in [3.05, 3.63) is 54.0 Å². The van der Waals surface area contributed by atoms with Gasteiger partial charge in [0.1, 0.15) is 17.2 Å². The van der Waals surface area contributed by atoms with Gasteiger partial charge in [0.2, 0.25) is 5.95 Å². The monoisotopic (exact) mass is 347 g/mol. The van der Waals surface area contributed by atoms with Crippen LogP contribution in [0, 0.1) is 5.82 Å². The number of aromatic nitrogens is 4. The van der Waals surface area contributed by atoms with Gasteiger partial charge in [-0.2, -0.15) is 0 Å². The summed E-state index contributed by atoms with van der Waals surface area (Å²) in [6, 6.07) is 4.34. The third-order valence-corrected chi connectivity index (χ3v) is 3.98. The molecule has 0 aliphatic carbocycles. The Kier molecular flexibility index (Phi) is 4.68. The number of nitrogens with zero attached hydrogens (tertiary/aromatic N) is 4. The van der Waals surface area contributed by atoms with Gasteiger partial charge in [-0.1, -0.05) is 11.6 Å². The molecule has 5 nitrogen and oxygen atoms in total. The smallest absolute Gasteiger partial charge is 0.228 e. The lowest BCUT2D eigenvalue weighted by molar-refractivity contribution is 0.628. The van der Waals surface area contributed by atoms with Gasteiger partial charge in [0.25, 0.3) is 0 Å². The van der Waals surface area contributed by atoms with Crippen molar-refractivity contribution in [1.82, 2.24) is 19.9 Å². The van der Waals surface area contributed by atoms with Crippen molar-refractivity contribution >= 4 is 35.0 Å². The minimum absolute atomic E-state index is 0.0399. The van der Waals surface area contributed by atoms with Gasteiger partial charge in [0.15, 0.2) is 0 Å². The molecule has 3 rings (SSSR count). The van der Waals surface area contributed by atoms with Crippen LogP contribution in [0.25, 0.3) is 11.1 Å². The number of halogens is 2. The van der Waals surface area contributed by atoms with E-state index in [1.54, 1.807) is 24.7 Å². The molecule has 1 aromatic carbocycles. The predicted octanol–water partition coefficient (Wildman–Crippen LogP) is 4.19. The highest BCUT2D eigenvalue weighted by molar-refractivity contribution is 7.98. The van der Waals surface area contributed by atoms with Crippen LogP contribution in [0.3, 0.4) is 0 Å². The topological polar surface area (TPSA) is 63.6 Å². The number of anilines is 2. The lowest BCUT2D eigenvalue weighted by Crippen LogP contribution is -2.00. The molecule has 23 heavy (non-hydrogen) atoms. The molecule has 0 saturated heterocycles. The first kappa shape index (κ1) is 15.6. The summed E-state index contributed by atoms with van der Waals surface area (Å²) >= 11 is 7.26. The van der Waals surface area contributed by atoms with E-state index in [-0.39, 0.29) is 5.02 Å². The zero-order valence-corrected chi connectivity index (χ0v) is 13.6. The van der Waals surface area contributed by atoms with Crippen molar-refractivity contribution in [2.45, 2.75) is 5.03 Å². The summed E-state index contributed by atoms with van der Waals surface area (Å²) in [7, 11) is 0.